The van der Waals surface area contributed by atoms with Crippen molar-refractivity contribution in [2.45, 2.75) is 6.18 Å². The average Bonchev–Trinajstić information content (AvgIpc) is 3.42. The Morgan fingerprint density at radius 2 is 2.00 bits per heavy atom. The van der Waals surface area contributed by atoms with Crippen LogP contribution >= 0.6 is 0 Å². The van der Waals surface area contributed by atoms with E-state index in [0.29, 0.717) is 38.0 Å². The van der Waals surface area contributed by atoms with Crippen LogP contribution in [-0.4, -0.2) is 66.0 Å². The predicted octanol–water partition coefficient (Wildman–Crippen LogP) is 1.72. The average molecular weight is 446 g/mol. The molecule has 4 heterocycles. The number of ether oxygens (including phenoxy) is 1. The quantitative estimate of drug-likeness (QED) is 0.682. The monoisotopic (exact) mass is 446 g/mol. The smallest absolute Gasteiger partial charge is 0.475 e. The molecule has 2 aromatic heterocycles. The van der Waals surface area contributed by atoms with Crippen LogP contribution in [0.3, 0.4) is 0 Å². The largest absolute Gasteiger partial charge is 0.490 e. The Balaban J connectivity index is 0.000000339. The number of aromatic nitrogens is 2. The number of carbonyl (C=O) groups excluding carboxylic acids is 1. The van der Waals surface area contributed by atoms with Gasteiger partial charge in [0.05, 0.1) is 31.9 Å². The lowest BCUT2D eigenvalue weighted by Crippen LogP contribution is -2.43. The van der Waals surface area contributed by atoms with Crippen LogP contribution in [0, 0.1) is 17.2 Å². The van der Waals surface area contributed by atoms with Crippen LogP contribution in [0.15, 0.2) is 35.2 Å². The van der Waals surface area contributed by atoms with Crippen LogP contribution < -0.4 is 10.2 Å². The second-order valence-electron chi connectivity index (χ2n) is 7.12. The van der Waals surface area contributed by atoms with Crippen molar-refractivity contribution in [3.8, 4) is 0 Å². The molecule has 0 bridgehead atoms. The molecule has 0 unspecified atom stereocenters. The van der Waals surface area contributed by atoms with E-state index in [9.17, 15) is 22.4 Å². The Kier molecular flexibility index (Phi) is 6.43. The second-order valence-corrected chi connectivity index (χ2v) is 7.12. The van der Waals surface area contributed by atoms with E-state index < -0.39 is 18.0 Å². The Bertz CT molecular complexity index is 907. The molecule has 0 saturated carbocycles. The van der Waals surface area contributed by atoms with Gasteiger partial charge in [-0.05, 0) is 12.1 Å². The lowest BCUT2D eigenvalue weighted by atomic mass is 9.81. The molecule has 2 saturated heterocycles. The fourth-order valence-corrected chi connectivity index (χ4v) is 3.45. The molecule has 2 fully saturated rings. The van der Waals surface area contributed by atoms with Crippen molar-refractivity contribution in [1.82, 2.24) is 15.3 Å². The lowest BCUT2D eigenvalue weighted by Gasteiger charge is -2.27. The zero-order chi connectivity index (χ0) is 22.6. The summed E-state index contributed by atoms with van der Waals surface area (Å²) in [7, 11) is 0. The fraction of sp³-hybridized carbons (Fsp3) is 0.444. The summed E-state index contributed by atoms with van der Waals surface area (Å²) in [5.41, 5.74) is -0.194. The predicted molar refractivity (Wildman–Crippen MR) is 95.7 cm³/mol. The zero-order valence-corrected chi connectivity index (χ0v) is 15.9. The van der Waals surface area contributed by atoms with Gasteiger partial charge in [0.1, 0.15) is 0 Å². The molecule has 2 aromatic rings. The maximum absolute atomic E-state index is 13.0. The van der Waals surface area contributed by atoms with E-state index in [1.165, 1.54) is 6.26 Å². The van der Waals surface area contributed by atoms with Crippen LogP contribution in [0.2, 0.25) is 0 Å². The summed E-state index contributed by atoms with van der Waals surface area (Å²) >= 11 is 0. The number of anilines is 1. The summed E-state index contributed by atoms with van der Waals surface area (Å²) in [6, 6.07) is 3.31. The minimum absolute atomic E-state index is 0.194. The zero-order valence-electron chi connectivity index (χ0n) is 15.9. The van der Waals surface area contributed by atoms with Gasteiger partial charge in [-0.15, -0.1) is 0 Å². The first kappa shape index (κ1) is 22.5. The minimum atomic E-state index is -5.08. The number of amides is 1. The molecule has 0 spiro atoms. The van der Waals surface area contributed by atoms with Crippen molar-refractivity contribution in [3.63, 3.8) is 0 Å². The van der Waals surface area contributed by atoms with Crippen molar-refractivity contribution < 1.29 is 41.4 Å². The van der Waals surface area contributed by atoms with Crippen molar-refractivity contribution in [2.75, 3.05) is 37.7 Å². The van der Waals surface area contributed by atoms with Crippen molar-refractivity contribution in [2.24, 2.45) is 11.3 Å². The number of carboxylic acids is 1. The molecular weight excluding hydrogens is 428 g/mol. The lowest BCUT2D eigenvalue weighted by molar-refractivity contribution is -0.192. The van der Waals surface area contributed by atoms with Gasteiger partial charge in [-0.1, -0.05) is 0 Å². The molecule has 13 heteroatoms. The van der Waals surface area contributed by atoms with Gasteiger partial charge < -0.3 is 24.5 Å². The van der Waals surface area contributed by atoms with Gasteiger partial charge in [-0.2, -0.15) is 13.2 Å². The molecule has 0 aliphatic carbocycles. The third kappa shape index (κ3) is 5.29. The number of hydrogen-bond acceptors (Lipinski definition) is 7. The molecule has 31 heavy (non-hydrogen) atoms. The number of halogens is 4. The highest BCUT2D eigenvalue weighted by molar-refractivity contribution is 5.91. The Labute approximate surface area is 173 Å². The molecule has 1 amide bonds. The minimum Gasteiger partial charge on any atom is -0.475 e. The first-order chi connectivity index (χ1) is 14.6. The molecule has 0 radical (unpaired) electrons. The number of nitrogens with zero attached hydrogens (tertiary/aromatic N) is 3. The summed E-state index contributed by atoms with van der Waals surface area (Å²) in [5.74, 6) is -2.39. The number of fused-ring (bicyclic) bond motifs is 1. The maximum Gasteiger partial charge on any atom is 0.490 e. The van der Waals surface area contributed by atoms with Gasteiger partial charge >= 0.3 is 12.1 Å². The molecule has 2 aliphatic heterocycles. The van der Waals surface area contributed by atoms with Crippen LogP contribution in [0.4, 0.5) is 23.5 Å². The van der Waals surface area contributed by atoms with E-state index in [-0.39, 0.29) is 17.2 Å². The number of aliphatic carboxylic acids is 1. The number of carbonyl (C=O) groups is 2. The molecule has 2 aliphatic rings. The van der Waals surface area contributed by atoms with Gasteiger partial charge in [-0.3, -0.25) is 4.79 Å². The molecule has 9 nitrogen and oxygen atoms in total. The number of furan rings is 1. The topological polar surface area (TPSA) is 118 Å². The van der Waals surface area contributed by atoms with E-state index in [1.807, 2.05) is 4.90 Å². The molecule has 2 N–H and O–H groups in total. The van der Waals surface area contributed by atoms with Crippen molar-refractivity contribution in [3.05, 3.63) is 42.4 Å². The molecular formula is C18H18F4N4O5. The third-order valence-electron chi connectivity index (χ3n) is 5.00. The van der Waals surface area contributed by atoms with Crippen LogP contribution in [-0.2, 0) is 9.53 Å². The van der Waals surface area contributed by atoms with Crippen molar-refractivity contribution >= 4 is 17.8 Å². The fourth-order valence-electron chi connectivity index (χ4n) is 3.45. The highest BCUT2D eigenvalue weighted by atomic mass is 19.4. The summed E-state index contributed by atoms with van der Waals surface area (Å²) in [6.45, 7) is 3.06. The van der Waals surface area contributed by atoms with E-state index in [4.69, 9.17) is 19.1 Å². The van der Waals surface area contributed by atoms with Crippen LogP contribution in [0.25, 0.3) is 0 Å². The number of hydrogen-bond donors (Lipinski definition) is 2. The summed E-state index contributed by atoms with van der Waals surface area (Å²) in [4.78, 5) is 31.1. The van der Waals surface area contributed by atoms with Crippen molar-refractivity contribution in [1.29, 1.82) is 0 Å². The van der Waals surface area contributed by atoms with E-state index in [0.717, 1.165) is 18.9 Å². The SMILES string of the molecule is O=C(NC[C@]12COC[C@H]1CN(c1ncc(F)cn1)C2)c1ccco1.O=C(O)C(F)(F)F. The highest BCUT2D eigenvalue weighted by Crippen LogP contribution is 2.41. The van der Waals surface area contributed by atoms with E-state index in [2.05, 4.69) is 15.3 Å². The summed E-state index contributed by atoms with van der Waals surface area (Å²) in [6.07, 6.45) is -1.28. The first-order valence-electron chi connectivity index (χ1n) is 9.03. The molecule has 168 valence electrons. The Morgan fingerprint density at radius 3 is 2.58 bits per heavy atom. The normalized spacial score (nSPS) is 22.5. The summed E-state index contributed by atoms with van der Waals surface area (Å²) < 4.78 is 55.5. The Hall–Kier alpha value is -3.22. The number of rotatable bonds is 4. The summed E-state index contributed by atoms with van der Waals surface area (Å²) in [5, 5.41) is 10.1. The third-order valence-corrected chi connectivity index (χ3v) is 5.00. The number of alkyl halides is 3. The van der Waals surface area contributed by atoms with Gasteiger partial charge in [-0.25, -0.2) is 19.2 Å². The van der Waals surface area contributed by atoms with Crippen LogP contribution in [0.5, 0.6) is 0 Å². The highest BCUT2D eigenvalue weighted by Gasteiger charge is 2.51. The standard InChI is InChI=1S/C16H17FN4O3.C2HF3O2/c17-12-4-18-15(19-5-12)21-6-11-7-23-10-16(11,9-21)8-20-14(22)13-2-1-3-24-13;3-2(4,5)1(6)7/h1-5,11H,6-10H2,(H,20,22);(H,6,7)/t11-,16+;/m1./s1. The molecule has 2 atom stereocenters. The molecule has 4 rings (SSSR count). The first-order valence-corrected chi connectivity index (χ1v) is 9.03. The Morgan fingerprint density at radius 1 is 1.32 bits per heavy atom. The van der Waals surface area contributed by atoms with Gasteiger partial charge in [0.25, 0.3) is 5.91 Å². The number of nitrogens with one attached hydrogen (secondary N) is 1. The van der Waals surface area contributed by atoms with E-state index in [1.54, 1.807) is 12.1 Å². The van der Waals surface area contributed by atoms with Gasteiger partial charge in [0, 0.05) is 31.0 Å². The van der Waals surface area contributed by atoms with Gasteiger partial charge in [0.15, 0.2) is 11.6 Å². The molecule has 0 aromatic carbocycles. The van der Waals surface area contributed by atoms with Gasteiger partial charge in [0.2, 0.25) is 5.95 Å². The maximum atomic E-state index is 13.0. The van der Waals surface area contributed by atoms with Crippen LogP contribution in [0.1, 0.15) is 10.6 Å². The van der Waals surface area contributed by atoms with E-state index >= 15 is 0 Å². The second kappa shape index (κ2) is 8.88. The number of carboxylic acid groups (broad SMARTS) is 1.